The Bertz CT molecular complexity index is 827. The number of hydrogen-bond donors (Lipinski definition) is 1. The van der Waals surface area contributed by atoms with E-state index in [1.165, 1.54) is 0 Å². The zero-order valence-corrected chi connectivity index (χ0v) is 16.0. The van der Waals surface area contributed by atoms with Gasteiger partial charge in [-0.2, -0.15) is 4.68 Å². The number of ether oxygens (including phenoxy) is 1. The average molecular weight is 390 g/mol. The van der Waals surface area contributed by atoms with Gasteiger partial charge in [0.2, 0.25) is 5.16 Å². The third-order valence-electron chi connectivity index (χ3n) is 3.59. The Morgan fingerprint density at radius 1 is 1.19 bits per heavy atom. The van der Waals surface area contributed by atoms with Gasteiger partial charge in [-0.05, 0) is 47.7 Å². The maximum absolute atomic E-state index is 6.09. The summed E-state index contributed by atoms with van der Waals surface area (Å²) in [5.74, 6) is 1.71. The van der Waals surface area contributed by atoms with Crippen molar-refractivity contribution in [3.8, 4) is 11.4 Å². The summed E-state index contributed by atoms with van der Waals surface area (Å²) in [6, 6.07) is 15.5. The van der Waals surface area contributed by atoms with Gasteiger partial charge in [-0.1, -0.05) is 41.6 Å². The van der Waals surface area contributed by atoms with Crippen LogP contribution in [0.15, 0.2) is 53.7 Å². The molecule has 0 saturated carbocycles. The van der Waals surface area contributed by atoms with Crippen LogP contribution in [0.3, 0.4) is 0 Å². The maximum Gasteiger partial charge on any atom is 0.214 e. The van der Waals surface area contributed by atoms with Crippen molar-refractivity contribution < 1.29 is 4.74 Å². The molecule has 1 N–H and O–H groups in total. The molecule has 0 spiro atoms. The van der Waals surface area contributed by atoms with Crippen LogP contribution in [-0.2, 0) is 6.54 Å². The summed E-state index contributed by atoms with van der Waals surface area (Å²) in [6.45, 7) is 4.11. The molecule has 3 rings (SSSR count). The number of rotatable bonds is 9. The molecule has 2 aromatic carbocycles. The zero-order valence-electron chi connectivity index (χ0n) is 14.4. The predicted octanol–water partition coefficient (Wildman–Crippen LogP) is 3.60. The fourth-order valence-corrected chi connectivity index (χ4v) is 3.40. The van der Waals surface area contributed by atoms with Gasteiger partial charge >= 0.3 is 0 Å². The van der Waals surface area contributed by atoms with E-state index in [4.69, 9.17) is 16.3 Å². The number of thioether (sulfide) groups is 1. The molecule has 0 aliphatic heterocycles. The molecule has 0 atom stereocenters. The summed E-state index contributed by atoms with van der Waals surface area (Å²) in [7, 11) is 0. The molecule has 26 heavy (non-hydrogen) atoms. The van der Waals surface area contributed by atoms with Crippen molar-refractivity contribution in [2.75, 3.05) is 18.9 Å². The van der Waals surface area contributed by atoms with Gasteiger partial charge in [0.25, 0.3) is 0 Å². The Hall–Kier alpha value is -2.09. The lowest BCUT2D eigenvalue weighted by Gasteiger charge is -2.11. The number of nitrogens with one attached hydrogen (secondary N) is 1. The van der Waals surface area contributed by atoms with Crippen molar-refractivity contribution >= 4 is 23.4 Å². The van der Waals surface area contributed by atoms with Crippen molar-refractivity contribution in [1.82, 2.24) is 25.5 Å². The summed E-state index contributed by atoms with van der Waals surface area (Å²) in [6.07, 6.45) is 0. The van der Waals surface area contributed by atoms with Gasteiger partial charge in [0.05, 0.1) is 12.3 Å². The molecule has 8 heteroatoms. The number of para-hydroxylation sites is 1. The van der Waals surface area contributed by atoms with E-state index in [-0.39, 0.29) is 0 Å². The fourth-order valence-electron chi connectivity index (χ4n) is 2.42. The van der Waals surface area contributed by atoms with Crippen LogP contribution in [0.25, 0.3) is 5.69 Å². The van der Waals surface area contributed by atoms with E-state index in [9.17, 15) is 0 Å². The number of aromatic nitrogens is 4. The van der Waals surface area contributed by atoms with E-state index in [1.807, 2.05) is 55.5 Å². The largest absolute Gasteiger partial charge is 0.494 e. The van der Waals surface area contributed by atoms with Crippen molar-refractivity contribution in [3.63, 3.8) is 0 Å². The van der Waals surface area contributed by atoms with Crippen molar-refractivity contribution in [1.29, 1.82) is 0 Å². The van der Waals surface area contributed by atoms with Crippen LogP contribution in [0, 0.1) is 0 Å². The minimum absolute atomic E-state index is 0.632. The minimum Gasteiger partial charge on any atom is -0.494 e. The van der Waals surface area contributed by atoms with Gasteiger partial charge in [-0.3, -0.25) is 0 Å². The molecule has 0 amide bonds. The van der Waals surface area contributed by atoms with Crippen molar-refractivity contribution in [3.05, 3.63) is 59.1 Å². The van der Waals surface area contributed by atoms with Gasteiger partial charge in [0.1, 0.15) is 5.75 Å². The van der Waals surface area contributed by atoms with Gasteiger partial charge < -0.3 is 10.1 Å². The lowest BCUT2D eigenvalue weighted by molar-refractivity contribution is 0.335. The van der Waals surface area contributed by atoms with Crippen LogP contribution >= 0.6 is 23.4 Å². The zero-order chi connectivity index (χ0) is 18.2. The van der Waals surface area contributed by atoms with Crippen molar-refractivity contribution in [2.24, 2.45) is 0 Å². The number of benzene rings is 2. The number of nitrogens with zero attached hydrogens (tertiary/aromatic N) is 4. The summed E-state index contributed by atoms with van der Waals surface area (Å²) >= 11 is 7.70. The normalized spacial score (nSPS) is 10.8. The van der Waals surface area contributed by atoms with Gasteiger partial charge in [0.15, 0.2) is 0 Å². The summed E-state index contributed by atoms with van der Waals surface area (Å²) in [5, 5.41) is 16.8. The number of hydrogen-bond acceptors (Lipinski definition) is 6. The first kappa shape index (κ1) is 18.7. The molecule has 0 bridgehead atoms. The Balaban J connectivity index is 1.50. The van der Waals surface area contributed by atoms with E-state index in [0.717, 1.165) is 34.5 Å². The Morgan fingerprint density at radius 3 is 2.85 bits per heavy atom. The van der Waals surface area contributed by atoms with Gasteiger partial charge in [0, 0.05) is 29.4 Å². The number of tetrazole rings is 1. The highest BCUT2D eigenvalue weighted by molar-refractivity contribution is 7.99. The highest BCUT2D eigenvalue weighted by atomic mass is 35.5. The van der Waals surface area contributed by atoms with E-state index < -0.39 is 0 Å². The van der Waals surface area contributed by atoms with Crippen LogP contribution in [0.4, 0.5) is 0 Å². The Labute approximate surface area is 161 Å². The molecule has 136 valence electrons. The van der Waals surface area contributed by atoms with E-state index in [1.54, 1.807) is 16.4 Å². The first-order valence-electron chi connectivity index (χ1n) is 8.36. The van der Waals surface area contributed by atoms with Crippen LogP contribution < -0.4 is 10.1 Å². The molecule has 0 fully saturated rings. The molecular formula is C18H20ClN5OS. The van der Waals surface area contributed by atoms with Gasteiger partial charge in [-0.15, -0.1) is 5.10 Å². The SMILES string of the molecule is CCOc1ccc(Cl)cc1CNCCSc1nnnn1-c1ccccc1. The molecule has 1 heterocycles. The molecule has 3 aromatic rings. The molecular weight excluding hydrogens is 370 g/mol. The summed E-state index contributed by atoms with van der Waals surface area (Å²) in [5.41, 5.74) is 2.01. The molecule has 0 aliphatic carbocycles. The van der Waals surface area contributed by atoms with E-state index in [2.05, 4.69) is 20.8 Å². The topological polar surface area (TPSA) is 64.9 Å². The molecule has 0 radical (unpaired) electrons. The molecule has 0 unspecified atom stereocenters. The summed E-state index contributed by atoms with van der Waals surface area (Å²) in [4.78, 5) is 0. The third-order valence-corrected chi connectivity index (χ3v) is 4.75. The van der Waals surface area contributed by atoms with Crippen LogP contribution in [0.5, 0.6) is 5.75 Å². The second-order valence-corrected chi connectivity index (χ2v) is 6.92. The predicted molar refractivity (Wildman–Crippen MR) is 104 cm³/mol. The molecule has 0 saturated heterocycles. The minimum atomic E-state index is 0.632. The second kappa shape index (κ2) is 9.56. The quantitative estimate of drug-likeness (QED) is 0.445. The highest BCUT2D eigenvalue weighted by Crippen LogP contribution is 2.23. The van der Waals surface area contributed by atoms with E-state index >= 15 is 0 Å². The average Bonchev–Trinajstić information content (AvgIpc) is 3.13. The third kappa shape index (κ3) is 4.97. The van der Waals surface area contributed by atoms with Crippen LogP contribution in [-0.4, -0.2) is 39.1 Å². The molecule has 0 aliphatic rings. The first-order chi connectivity index (χ1) is 12.8. The highest BCUT2D eigenvalue weighted by Gasteiger charge is 2.08. The Morgan fingerprint density at radius 2 is 2.04 bits per heavy atom. The monoisotopic (exact) mass is 389 g/mol. The molecule has 1 aromatic heterocycles. The summed E-state index contributed by atoms with van der Waals surface area (Å²) < 4.78 is 7.38. The molecule has 6 nitrogen and oxygen atoms in total. The lowest BCUT2D eigenvalue weighted by atomic mass is 10.2. The second-order valence-electron chi connectivity index (χ2n) is 5.42. The smallest absolute Gasteiger partial charge is 0.214 e. The van der Waals surface area contributed by atoms with Crippen LogP contribution in [0.1, 0.15) is 12.5 Å². The fraction of sp³-hybridized carbons (Fsp3) is 0.278. The van der Waals surface area contributed by atoms with E-state index in [0.29, 0.717) is 18.2 Å². The van der Waals surface area contributed by atoms with Crippen molar-refractivity contribution in [2.45, 2.75) is 18.6 Å². The van der Waals surface area contributed by atoms with Gasteiger partial charge in [-0.25, -0.2) is 0 Å². The number of halogens is 1. The lowest BCUT2D eigenvalue weighted by Crippen LogP contribution is -2.17. The van der Waals surface area contributed by atoms with Crippen LogP contribution in [0.2, 0.25) is 5.02 Å². The maximum atomic E-state index is 6.09. The Kier molecular flexibility index (Phi) is 6.88. The standard InChI is InChI=1S/C18H20ClN5OS/c1-2-25-17-9-8-15(19)12-14(17)13-20-10-11-26-18-21-22-23-24(18)16-6-4-3-5-7-16/h3-9,12,20H,2,10-11,13H2,1H3. The first-order valence-corrected chi connectivity index (χ1v) is 9.73.